The number of methoxy groups -OCH3 is 1. The Hall–Kier alpha value is -1.81. The number of aromatic nitrogens is 1. The first-order valence-electron chi connectivity index (χ1n) is 6.69. The Bertz CT molecular complexity index is 630. The summed E-state index contributed by atoms with van der Waals surface area (Å²) in [6.07, 6.45) is 1.49. The van der Waals surface area contributed by atoms with Gasteiger partial charge in [-0.2, -0.15) is 0 Å². The Kier molecular flexibility index (Phi) is 3.03. The molecule has 0 spiro atoms. The summed E-state index contributed by atoms with van der Waals surface area (Å²) in [5.74, 6) is 1.09. The van der Waals surface area contributed by atoms with Gasteiger partial charge in [0.1, 0.15) is 11.8 Å². The molecule has 0 aliphatic carbocycles. The summed E-state index contributed by atoms with van der Waals surface area (Å²) in [7, 11) is 1.67. The van der Waals surface area contributed by atoms with Gasteiger partial charge in [0, 0.05) is 29.6 Å². The first-order valence-corrected chi connectivity index (χ1v) is 6.69. The molecule has 3 rings (SSSR count). The summed E-state index contributed by atoms with van der Waals surface area (Å²) < 4.78 is 5.28. The smallest absolute Gasteiger partial charge is 0.155 e. The third kappa shape index (κ3) is 1.92. The summed E-state index contributed by atoms with van der Waals surface area (Å²) in [6.45, 7) is 2.75. The zero-order valence-electron chi connectivity index (χ0n) is 11.2. The minimum Gasteiger partial charge on any atom is -0.497 e. The molecular weight excluding hydrogens is 240 g/mol. The van der Waals surface area contributed by atoms with Crippen molar-refractivity contribution in [1.29, 1.82) is 0 Å². The summed E-state index contributed by atoms with van der Waals surface area (Å²) in [4.78, 5) is 15.4. The Morgan fingerprint density at radius 2 is 2.32 bits per heavy atom. The van der Waals surface area contributed by atoms with Crippen LogP contribution in [-0.2, 0) is 11.2 Å². The van der Waals surface area contributed by atoms with Crippen LogP contribution in [0.4, 0.5) is 0 Å². The topological polar surface area (TPSA) is 54.1 Å². The van der Waals surface area contributed by atoms with Crippen LogP contribution in [0.2, 0.25) is 0 Å². The number of ether oxygens (including phenoxy) is 1. The fourth-order valence-electron chi connectivity index (χ4n) is 2.81. The molecule has 0 saturated heterocycles. The van der Waals surface area contributed by atoms with Crippen molar-refractivity contribution in [3.63, 3.8) is 0 Å². The van der Waals surface area contributed by atoms with Gasteiger partial charge in [-0.3, -0.25) is 4.79 Å². The van der Waals surface area contributed by atoms with Gasteiger partial charge in [0.2, 0.25) is 0 Å². The Balaban J connectivity index is 2.15. The molecule has 0 bridgehead atoms. The first-order chi connectivity index (χ1) is 9.24. The molecule has 2 N–H and O–H groups in total. The van der Waals surface area contributed by atoms with Gasteiger partial charge in [-0.25, -0.2) is 0 Å². The number of Topliss-reactive ketones (excluding diaryl/α,β-unsaturated/α-hetero) is 1. The van der Waals surface area contributed by atoms with Crippen LogP contribution < -0.4 is 10.1 Å². The van der Waals surface area contributed by atoms with E-state index in [2.05, 4.69) is 10.3 Å². The highest BCUT2D eigenvalue weighted by Crippen LogP contribution is 2.32. The van der Waals surface area contributed by atoms with Gasteiger partial charge >= 0.3 is 0 Å². The average Bonchev–Trinajstić information content (AvgIpc) is 2.83. The number of H-pyrrole nitrogens is 1. The Morgan fingerprint density at radius 3 is 3.05 bits per heavy atom. The second-order valence-corrected chi connectivity index (χ2v) is 4.89. The number of nitrogens with one attached hydrogen (secondary N) is 2. The largest absolute Gasteiger partial charge is 0.497 e. The van der Waals surface area contributed by atoms with Crippen molar-refractivity contribution in [1.82, 2.24) is 10.3 Å². The van der Waals surface area contributed by atoms with Crippen LogP contribution in [0, 0.1) is 0 Å². The van der Waals surface area contributed by atoms with Gasteiger partial charge in [0.25, 0.3) is 0 Å². The fraction of sp³-hybridized carbons (Fsp3) is 0.400. The van der Waals surface area contributed by atoms with E-state index in [-0.39, 0.29) is 11.8 Å². The lowest BCUT2D eigenvalue weighted by Crippen LogP contribution is -2.34. The number of benzene rings is 1. The number of rotatable bonds is 3. The highest BCUT2D eigenvalue weighted by atomic mass is 16.5. The first kappa shape index (κ1) is 12.2. The monoisotopic (exact) mass is 258 g/mol. The van der Waals surface area contributed by atoms with E-state index < -0.39 is 0 Å². The van der Waals surface area contributed by atoms with Crippen LogP contribution in [0.5, 0.6) is 5.75 Å². The van der Waals surface area contributed by atoms with Gasteiger partial charge < -0.3 is 15.0 Å². The van der Waals surface area contributed by atoms with E-state index in [1.54, 1.807) is 7.11 Å². The van der Waals surface area contributed by atoms with E-state index in [0.29, 0.717) is 6.42 Å². The summed E-state index contributed by atoms with van der Waals surface area (Å²) in [6, 6.07) is 5.81. The number of hydrogen-bond donors (Lipinski definition) is 2. The quantitative estimate of drug-likeness (QED) is 0.888. The second kappa shape index (κ2) is 4.70. The van der Waals surface area contributed by atoms with Crippen molar-refractivity contribution in [3.8, 4) is 5.75 Å². The number of hydrogen-bond acceptors (Lipinski definition) is 3. The molecule has 0 radical (unpaired) electrons. The summed E-state index contributed by atoms with van der Waals surface area (Å²) in [5.41, 5.74) is 3.35. The molecule has 1 aliphatic rings. The van der Waals surface area contributed by atoms with Crippen molar-refractivity contribution in [2.45, 2.75) is 25.8 Å². The number of carbonyl (C=O) groups excluding carboxylic acids is 1. The molecular formula is C15H18N2O2. The molecule has 0 amide bonds. The molecule has 4 heteroatoms. The number of aromatic amines is 1. The minimum atomic E-state index is -0.188. The lowest BCUT2D eigenvalue weighted by molar-refractivity contribution is -0.121. The Morgan fingerprint density at radius 1 is 1.47 bits per heavy atom. The van der Waals surface area contributed by atoms with E-state index in [9.17, 15) is 4.79 Å². The molecule has 1 aliphatic heterocycles. The zero-order valence-corrected chi connectivity index (χ0v) is 11.2. The van der Waals surface area contributed by atoms with E-state index in [1.165, 1.54) is 10.9 Å². The van der Waals surface area contributed by atoms with Crippen LogP contribution >= 0.6 is 0 Å². The maximum absolute atomic E-state index is 12.0. The maximum Gasteiger partial charge on any atom is 0.155 e. The minimum absolute atomic E-state index is 0.188. The van der Waals surface area contributed by atoms with Gasteiger partial charge in [-0.05, 0) is 30.2 Å². The van der Waals surface area contributed by atoms with Gasteiger partial charge in [0.15, 0.2) is 5.78 Å². The molecule has 1 aromatic carbocycles. The normalized spacial score (nSPS) is 18.3. The van der Waals surface area contributed by atoms with Crippen LogP contribution in [-0.4, -0.2) is 24.4 Å². The standard InChI is InChI=1S/C15H18N2O2/c1-3-13(18)15-14-10(6-7-16-15)11-8-9(19-2)4-5-12(11)17-14/h4-5,8,15-17H,3,6-7H2,1-2H3. The highest BCUT2D eigenvalue weighted by molar-refractivity contribution is 5.91. The lowest BCUT2D eigenvalue weighted by Gasteiger charge is -2.22. The molecule has 0 saturated carbocycles. The van der Waals surface area contributed by atoms with Crippen LogP contribution in [0.1, 0.15) is 30.6 Å². The molecule has 1 unspecified atom stereocenters. The molecule has 4 nitrogen and oxygen atoms in total. The van der Waals surface area contributed by atoms with E-state index in [1.807, 2.05) is 25.1 Å². The molecule has 1 atom stereocenters. The van der Waals surface area contributed by atoms with Gasteiger partial charge in [0.05, 0.1) is 7.11 Å². The number of ketones is 1. The predicted octanol–water partition coefficient (Wildman–Crippen LogP) is 2.34. The van der Waals surface area contributed by atoms with Crippen LogP contribution in [0.15, 0.2) is 18.2 Å². The molecule has 1 aromatic heterocycles. The molecule has 19 heavy (non-hydrogen) atoms. The maximum atomic E-state index is 12.0. The summed E-state index contributed by atoms with van der Waals surface area (Å²) in [5, 5.41) is 4.47. The van der Waals surface area contributed by atoms with Crippen LogP contribution in [0.3, 0.4) is 0 Å². The molecule has 0 fully saturated rings. The SMILES string of the molecule is CCC(=O)C1NCCc2c1[nH]c1ccc(OC)cc21. The van der Waals surface area contributed by atoms with Gasteiger partial charge in [-0.1, -0.05) is 6.92 Å². The second-order valence-electron chi connectivity index (χ2n) is 4.89. The van der Waals surface area contributed by atoms with Crippen molar-refractivity contribution in [3.05, 3.63) is 29.5 Å². The Labute approximate surface area is 112 Å². The van der Waals surface area contributed by atoms with Gasteiger partial charge in [-0.15, -0.1) is 0 Å². The third-order valence-electron chi connectivity index (χ3n) is 3.83. The molecule has 2 aromatic rings. The third-order valence-corrected chi connectivity index (χ3v) is 3.83. The molecule has 2 heterocycles. The number of fused-ring (bicyclic) bond motifs is 3. The van der Waals surface area contributed by atoms with Crippen LogP contribution in [0.25, 0.3) is 10.9 Å². The van der Waals surface area contributed by atoms with E-state index in [0.717, 1.165) is 29.9 Å². The lowest BCUT2D eigenvalue weighted by atomic mass is 9.96. The highest BCUT2D eigenvalue weighted by Gasteiger charge is 2.28. The van der Waals surface area contributed by atoms with Crippen molar-refractivity contribution >= 4 is 16.7 Å². The summed E-state index contributed by atoms with van der Waals surface area (Å²) >= 11 is 0. The average molecular weight is 258 g/mol. The van der Waals surface area contributed by atoms with Crippen molar-refractivity contribution in [2.75, 3.05) is 13.7 Å². The van der Waals surface area contributed by atoms with Crippen molar-refractivity contribution < 1.29 is 9.53 Å². The predicted molar refractivity (Wildman–Crippen MR) is 74.6 cm³/mol. The van der Waals surface area contributed by atoms with E-state index in [4.69, 9.17) is 4.74 Å². The van der Waals surface area contributed by atoms with E-state index >= 15 is 0 Å². The molecule has 100 valence electrons. The fourth-order valence-corrected chi connectivity index (χ4v) is 2.81. The van der Waals surface area contributed by atoms with Crippen molar-refractivity contribution in [2.24, 2.45) is 0 Å². The zero-order chi connectivity index (χ0) is 13.4. The number of carbonyl (C=O) groups is 1.